The molecule has 0 aromatic carbocycles. The average Bonchev–Trinajstić information content (AvgIpc) is 2.17. The first-order chi connectivity index (χ1) is 8.02. The Labute approximate surface area is 105 Å². The molecule has 1 aliphatic heterocycles. The summed E-state index contributed by atoms with van der Waals surface area (Å²) < 4.78 is 62.6. The maximum Gasteiger partial charge on any atom is 0.402 e. The van der Waals surface area contributed by atoms with Gasteiger partial charge in [0, 0.05) is 12.6 Å². The molecule has 0 aromatic rings. The quantitative estimate of drug-likeness (QED) is 0.700. The zero-order valence-corrected chi connectivity index (χ0v) is 11.1. The van der Waals surface area contributed by atoms with E-state index in [2.05, 4.69) is 10.0 Å². The highest BCUT2D eigenvalue weighted by Crippen LogP contribution is 2.25. The Hall–Kier alpha value is -0.380. The van der Waals surface area contributed by atoms with Gasteiger partial charge in [-0.2, -0.15) is 31.0 Å². The second-order valence-corrected chi connectivity index (χ2v) is 6.60. The van der Waals surface area contributed by atoms with Crippen LogP contribution in [0, 0.1) is 5.41 Å². The molecule has 1 aliphatic rings. The van der Waals surface area contributed by atoms with Crippen LogP contribution in [-0.2, 0) is 10.2 Å². The summed E-state index contributed by atoms with van der Waals surface area (Å²) in [5.74, 6) is 0. The van der Waals surface area contributed by atoms with Gasteiger partial charge in [0.2, 0.25) is 0 Å². The minimum Gasteiger partial charge on any atom is -0.316 e. The Morgan fingerprint density at radius 1 is 1.39 bits per heavy atom. The molecule has 3 N–H and O–H groups in total. The van der Waals surface area contributed by atoms with Crippen LogP contribution in [0.5, 0.6) is 0 Å². The number of piperidine rings is 1. The van der Waals surface area contributed by atoms with Crippen molar-refractivity contribution in [1.29, 1.82) is 0 Å². The lowest BCUT2D eigenvalue weighted by molar-refractivity contribution is -0.121. The lowest BCUT2D eigenvalue weighted by Gasteiger charge is -2.39. The molecular formula is C9H18F3N3O2S. The van der Waals surface area contributed by atoms with Crippen LogP contribution in [-0.4, -0.2) is 40.3 Å². The molecule has 0 spiro atoms. The Bertz CT molecular complexity index is 381. The van der Waals surface area contributed by atoms with E-state index in [-0.39, 0.29) is 11.5 Å². The topological polar surface area (TPSA) is 70.2 Å². The molecule has 0 bridgehead atoms. The number of alkyl halides is 3. The van der Waals surface area contributed by atoms with Gasteiger partial charge in [-0.1, -0.05) is 13.8 Å². The third kappa shape index (κ3) is 5.09. The van der Waals surface area contributed by atoms with E-state index in [9.17, 15) is 21.6 Å². The maximum absolute atomic E-state index is 12.0. The lowest BCUT2D eigenvalue weighted by atomic mass is 9.81. The first-order valence-electron chi connectivity index (χ1n) is 5.56. The maximum atomic E-state index is 12.0. The van der Waals surface area contributed by atoms with Gasteiger partial charge in [0.05, 0.1) is 0 Å². The summed E-state index contributed by atoms with van der Waals surface area (Å²) in [6.45, 7) is 3.40. The van der Waals surface area contributed by atoms with Crippen LogP contribution >= 0.6 is 0 Å². The molecule has 18 heavy (non-hydrogen) atoms. The van der Waals surface area contributed by atoms with E-state index in [4.69, 9.17) is 0 Å². The van der Waals surface area contributed by atoms with Gasteiger partial charge in [0.1, 0.15) is 6.54 Å². The predicted molar refractivity (Wildman–Crippen MR) is 61.2 cm³/mol. The highest BCUT2D eigenvalue weighted by atomic mass is 32.2. The van der Waals surface area contributed by atoms with Crippen molar-refractivity contribution in [2.24, 2.45) is 5.41 Å². The summed E-state index contributed by atoms with van der Waals surface area (Å²) in [6.07, 6.45) is -4.02. The van der Waals surface area contributed by atoms with E-state index < -0.39 is 22.9 Å². The monoisotopic (exact) mass is 289 g/mol. The zero-order valence-electron chi connectivity index (χ0n) is 10.3. The fourth-order valence-corrected chi connectivity index (χ4v) is 3.04. The van der Waals surface area contributed by atoms with Crippen molar-refractivity contribution >= 4 is 10.2 Å². The molecule has 1 fully saturated rings. The Morgan fingerprint density at radius 2 is 2.00 bits per heavy atom. The summed E-state index contributed by atoms with van der Waals surface area (Å²) in [5.41, 5.74) is -0.342. The minimum atomic E-state index is -4.56. The lowest BCUT2D eigenvalue weighted by Crippen LogP contribution is -2.56. The summed E-state index contributed by atoms with van der Waals surface area (Å²) in [6, 6.07) is -0.385. The Balaban J connectivity index is 2.59. The molecule has 1 rings (SSSR count). The molecule has 5 nitrogen and oxygen atoms in total. The van der Waals surface area contributed by atoms with Crippen LogP contribution in [0.25, 0.3) is 0 Å². The highest BCUT2D eigenvalue weighted by Gasteiger charge is 2.36. The Kier molecular flexibility index (Phi) is 4.63. The molecule has 0 amide bonds. The molecule has 9 heteroatoms. The van der Waals surface area contributed by atoms with Crippen LogP contribution in [0.3, 0.4) is 0 Å². The summed E-state index contributed by atoms with van der Waals surface area (Å²) in [4.78, 5) is 0. The van der Waals surface area contributed by atoms with Crippen LogP contribution in [0.2, 0.25) is 0 Å². The first-order valence-corrected chi connectivity index (χ1v) is 7.05. The van der Waals surface area contributed by atoms with Crippen LogP contribution in [0.15, 0.2) is 0 Å². The normalized spacial score (nSPS) is 25.1. The second-order valence-electron chi connectivity index (χ2n) is 5.06. The molecule has 1 unspecified atom stereocenters. The largest absolute Gasteiger partial charge is 0.402 e. The third-order valence-electron chi connectivity index (χ3n) is 2.89. The molecule has 0 radical (unpaired) electrons. The molecule has 1 atom stereocenters. The summed E-state index contributed by atoms with van der Waals surface area (Å²) in [5, 5.41) is 3.11. The van der Waals surface area contributed by atoms with Gasteiger partial charge < -0.3 is 5.32 Å². The van der Waals surface area contributed by atoms with Crippen LogP contribution < -0.4 is 14.8 Å². The summed E-state index contributed by atoms with van der Waals surface area (Å²) in [7, 11) is -4.13. The third-order valence-corrected chi connectivity index (χ3v) is 4.01. The molecule has 0 saturated carbocycles. The minimum absolute atomic E-state index is 0.342. The van der Waals surface area contributed by atoms with Gasteiger partial charge in [-0.05, 0) is 18.4 Å². The van der Waals surface area contributed by atoms with Crippen molar-refractivity contribution in [3.05, 3.63) is 0 Å². The highest BCUT2D eigenvalue weighted by molar-refractivity contribution is 7.87. The van der Waals surface area contributed by atoms with Gasteiger partial charge in [-0.15, -0.1) is 0 Å². The predicted octanol–water partition coefficient (Wildman–Crippen LogP) is 0.361. The number of nitrogens with one attached hydrogen (secondary N) is 3. The van der Waals surface area contributed by atoms with E-state index in [1.54, 1.807) is 0 Å². The van der Waals surface area contributed by atoms with Crippen molar-refractivity contribution in [1.82, 2.24) is 14.8 Å². The summed E-state index contributed by atoms with van der Waals surface area (Å²) >= 11 is 0. The van der Waals surface area contributed by atoms with E-state index in [1.807, 2.05) is 13.8 Å². The van der Waals surface area contributed by atoms with Crippen molar-refractivity contribution in [3.8, 4) is 0 Å². The molecular weight excluding hydrogens is 271 g/mol. The molecule has 1 saturated heterocycles. The number of hydrogen-bond donors (Lipinski definition) is 3. The second kappa shape index (κ2) is 5.32. The smallest absolute Gasteiger partial charge is 0.316 e. The van der Waals surface area contributed by atoms with Gasteiger partial charge in [0.15, 0.2) is 0 Å². The van der Waals surface area contributed by atoms with Gasteiger partial charge in [-0.3, -0.25) is 0 Å². The van der Waals surface area contributed by atoms with Crippen LogP contribution in [0.4, 0.5) is 13.2 Å². The fourth-order valence-electron chi connectivity index (χ4n) is 1.80. The SMILES string of the molecule is CC1(C)CNCCC1NS(=O)(=O)NCC(F)(F)F. The van der Waals surface area contributed by atoms with Crippen LogP contribution in [0.1, 0.15) is 20.3 Å². The molecule has 0 aromatic heterocycles. The van der Waals surface area contributed by atoms with E-state index >= 15 is 0 Å². The average molecular weight is 289 g/mol. The van der Waals surface area contributed by atoms with Crippen molar-refractivity contribution in [3.63, 3.8) is 0 Å². The molecule has 0 aliphatic carbocycles. The standard InChI is InChI=1S/C9H18F3N3O2S/c1-8(2)5-13-4-3-7(8)15-18(16,17)14-6-9(10,11)12/h7,13-15H,3-6H2,1-2H3. The van der Waals surface area contributed by atoms with Crippen molar-refractivity contribution in [2.75, 3.05) is 19.6 Å². The Morgan fingerprint density at radius 3 is 2.50 bits per heavy atom. The van der Waals surface area contributed by atoms with Gasteiger partial charge in [0.25, 0.3) is 10.2 Å². The van der Waals surface area contributed by atoms with E-state index in [1.165, 1.54) is 4.72 Å². The zero-order chi connectivity index (χ0) is 14.0. The number of hydrogen-bond acceptors (Lipinski definition) is 3. The molecule has 1 heterocycles. The number of rotatable bonds is 4. The van der Waals surface area contributed by atoms with Gasteiger partial charge >= 0.3 is 6.18 Å². The van der Waals surface area contributed by atoms with E-state index in [0.717, 1.165) is 0 Å². The van der Waals surface area contributed by atoms with Crippen molar-refractivity contribution in [2.45, 2.75) is 32.5 Å². The van der Waals surface area contributed by atoms with E-state index in [0.29, 0.717) is 19.5 Å². The van der Waals surface area contributed by atoms with Crippen molar-refractivity contribution < 1.29 is 21.6 Å². The fraction of sp³-hybridized carbons (Fsp3) is 1.00. The van der Waals surface area contributed by atoms with Gasteiger partial charge in [-0.25, -0.2) is 0 Å². The first kappa shape index (κ1) is 15.7. The number of halogens is 3. The molecule has 108 valence electrons.